The lowest BCUT2D eigenvalue weighted by molar-refractivity contribution is 0.166. The molecule has 1 aromatic rings. The van der Waals surface area contributed by atoms with Crippen molar-refractivity contribution in [1.29, 1.82) is 0 Å². The predicted molar refractivity (Wildman–Crippen MR) is 104 cm³/mol. The molecule has 2 heteroatoms. The van der Waals surface area contributed by atoms with Crippen LogP contribution in [-0.4, -0.2) is 19.3 Å². The number of hydrogen-bond donors (Lipinski definition) is 1. The number of allylic oxidation sites excluding steroid dienone is 2. The summed E-state index contributed by atoms with van der Waals surface area (Å²) in [6, 6.07) is 10.9. The molecule has 0 saturated carbocycles. The van der Waals surface area contributed by atoms with Crippen molar-refractivity contribution in [2.75, 3.05) is 0 Å². The zero-order chi connectivity index (χ0) is 16.7. The van der Waals surface area contributed by atoms with Gasteiger partial charge in [-0.25, -0.2) is 0 Å². The minimum atomic E-state index is -1.74. The van der Waals surface area contributed by atoms with Crippen LogP contribution in [0.25, 0.3) is 0 Å². The van der Waals surface area contributed by atoms with Gasteiger partial charge in [0, 0.05) is 5.92 Å². The summed E-state index contributed by atoms with van der Waals surface area (Å²) in [7, 11) is -1.74. The molecular formula is C21H32OSi. The van der Waals surface area contributed by atoms with Crippen molar-refractivity contribution in [3.05, 3.63) is 53.8 Å². The van der Waals surface area contributed by atoms with E-state index < -0.39 is 8.07 Å². The molecule has 1 nitrogen and oxygen atoms in total. The van der Waals surface area contributed by atoms with E-state index in [4.69, 9.17) is 0 Å². The van der Waals surface area contributed by atoms with Crippen LogP contribution in [-0.2, 0) is 0 Å². The molecule has 2 unspecified atom stereocenters. The first-order chi connectivity index (χ1) is 11.1. The molecule has 0 aromatic heterocycles. The molecule has 0 bridgehead atoms. The lowest BCUT2D eigenvalue weighted by Gasteiger charge is -2.34. The van der Waals surface area contributed by atoms with Crippen molar-refractivity contribution in [2.24, 2.45) is 5.92 Å². The largest absolute Gasteiger partial charge is 0.388 e. The maximum Gasteiger partial charge on any atom is 0.107 e. The number of rotatable bonds is 4. The van der Waals surface area contributed by atoms with Gasteiger partial charge in [-0.2, -0.15) is 0 Å². The number of benzene rings is 1. The minimum Gasteiger partial charge on any atom is -0.388 e. The molecule has 1 aliphatic rings. The average Bonchev–Trinajstić information content (AvgIpc) is 2.68. The normalized spacial score (nSPS) is 24.3. The van der Waals surface area contributed by atoms with Crippen molar-refractivity contribution >= 4 is 13.3 Å². The van der Waals surface area contributed by atoms with Crippen molar-refractivity contribution in [3.63, 3.8) is 0 Å². The van der Waals surface area contributed by atoms with E-state index in [0.29, 0.717) is 0 Å². The molecule has 2 rings (SSSR count). The molecule has 126 valence electrons. The zero-order valence-electron chi connectivity index (χ0n) is 15.0. The molecule has 0 spiro atoms. The van der Waals surface area contributed by atoms with Crippen molar-refractivity contribution in [2.45, 2.75) is 64.6 Å². The summed E-state index contributed by atoms with van der Waals surface area (Å²) in [5, 5.41) is 13.8. The van der Waals surface area contributed by atoms with E-state index in [1.807, 2.05) is 19.1 Å². The van der Waals surface area contributed by atoms with Gasteiger partial charge in [-0.05, 0) is 26.2 Å². The molecule has 0 fully saturated rings. The van der Waals surface area contributed by atoms with Crippen LogP contribution in [0.15, 0.2) is 53.8 Å². The van der Waals surface area contributed by atoms with E-state index in [2.05, 4.69) is 49.5 Å². The third kappa shape index (κ3) is 4.68. The highest BCUT2D eigenvalue weighted by Gasteiger charge is 2.35. The van der Waals surface area contributed by atoms with Gasteiger partial charge in [-0.1, -0.05) is 91.3 Å². The van der Waals surface area contributed by atoms with Crippen molar-refractivity contribution < 1.29 is 5.11 Å². The summed E-state index contributed by atoms with van der Waals surface area (Å²) in [5.41, 5.74) is 0. The highest BCUT2D eigenvalue weighted by molar-refractivity contribution is 6.95. The molecular weight excluding hydrogens is 296 g/mol. The summed E-state index contributed by atoms with van der Waals surface area (Å²) >= 11 is 0. The number of aliphatic hydroxyl groups is 1. The zero-order valence-corrected chi connectivity index (χ0v) is 16.0. The molecule has 0 radical (unpaired) electrons. The summed E-state index contributed by atoms with van der Waals surface area (Å²) < 4.78 is 0. The van der Waals surface area contributed by atoms with Crippen LogP contribution in [0.4, 0.5) is 0 Å². The van der Waals surface area contributed by atoms with Crippen LogP contribution in [0, 0.1) is 5.92 Å². The van der Waals surface area contributed by atoms with Crippen LogP contribution < -0.4 is 5.19 Å². The Bertz CT molecular complexity index is 530. The van der Waals surface area contributed by atoms with Crippen LogP contribution in [0.1, 0.15) is 45.4 Å². The lowest BCUT2D eigenvalue weighted by atomic mass is 9.94. The van der Waals surface area contributed by atoms with E-state index in [0.717, 1.165) is 12.8 Å². The molecule has 0 saturated heterocycles. The van der Waals surface area contributed by atoms with E-state index >= 15 is 0 Å². The minimum absolute atomic E-state index is 0.283. The third-order valence-corrected chi connectivity index (χ3v) is 9.05. The van der Waals surface area contributed by atoms with Crippen molar-refractivity contribution in [3.8, 4) is 0 Å². The first-order valence-electron chi connectivity index (χ1n) is 9.14. The second kappa shape index (κ2) is 8.65. The van der Waals surface area contributed by atoms with Crippen molar-refractivity contribution in [1.82, 2.24) is 0 Å². The van der Waals surface area contributed by atoms with Gasteiger partial charge in [-0.15, -0.1) is 0 Å². The van der Waals surface area contributed by atoms with E-state index in [1.165, 1.54) is 30.9 Å². The quantitative estimate of drug-likeness (QED) is 0.611. The topological polar surface area (TPSA) is 20.2 Å². The van der Waals surface area contributed by atoms with E-state index in [-0.39, 0.29) is 12.0 Å². The molecule has 2 atom stereocenters. The van der Waals surface area contributed by atoms with Crippen LogP contribution in [0.2, 0.25) is 13.1 Å². The number of hydrogen-bond acceptors (Lipinski definition) is 1. The Morgan fingerprint density at radius 2 is 1.78 bits per heavy atom. The first kappa shape index (κ1) is 18.2. The smallest absolute Gasteiger partial charge is 0.107 e. The summed E-state index contributed by atoms with van der Waals surface area (Å²) in [5.74, 6) is 0.283. The molecule has 1 aliphatic carbocycles. The fourth-order valence-corrected chi connectivity index (χ4v) is 7.11. The van der Waals surface area contributed by atoms with Gasteiger partial charge in [0.25, 0.3) is 0 Å². The van der Waals surface area contributed by atoms with Crippen LogP contribution in [0.3, 0.4) is 0 Å². The molecule has 0 aliphatic heterocycles. The second-order valence-corrected chi connectivity index (χ2v) is 11.7. The SMILES string of the molecule is C/C=C/C(O)C1CCCCCC/C=C\1[Si](C)(C)c1ccccc1. The molecule has 0 heterocycles. The highest BCUT2D eigenvalue weighted by atomic mass is 28.3. The van der Waals surface area contributed by atoms with Gasteiger partial charge in [0.15, 0.2) is 0 Å². The standard InChI is InChI=1S/C21H32OSi/c1-4-13-20(22)19-16-11-6-5-7-12-17-21(19)23(2,3)18-14-9-8-10-15-18/h4,8-10,13-15,17,19-20,22H,5-7,11-12,16H2,1-3H3/b13-4+,21-17+. The fourth-order valence-electron chi connectivity index (χ4n) is 3.85. The first-order valence-corrected chi connectivity index (χ1v) is 12.1. The summed E-state index contributed by atoms with van der Waals surface area (Å²) in [4.78, 5) is 0. The Hall–Kier alpha value is -1.12. The third-order valence-electron chi connectivity index (χ3n) is 5.25. The number of aliphatic hydroxyl groups excluding tert-OH is 1. The monoisotopic (exact) mass is 328 g/mol. The Labute approximate surface area is 143 Å². The summed E-state index contributed by atoms with van der Waals surface area (Å²) in [6.07, 6.45) is 13.5. The van der Waals surface area contributed by atoms with E-state index in [9.17, 15) is 5.11 Å². The van der Waals surface area contributed by atoms with Crippen LogP contribution >= 0.6 is 0 Å². The van der Waals surface area contributed by atoms with Gasteiger partial charge >= 0.3 is 0 Å². The molecule has 23 heavy (non-hydrogen) atoms. The van der Waals surface area contributed by atoms with Gasteiger partial charge in [0.2, 0.25) is 0 Å². The Balaban J connectivity index is 2.41. The molecule has 1 aromatic carbocycles. The Morgan fingerprint density at radius 3 is 2.48 bits per heavy atom. The maximum atomic E-state index is 10.8. The summed E-state index contributed by atoms with van der Waals surface area (Å²) in [6.45, 7) is 6.89. The second-order valence-electron chi connectivity index (χ2n) is 7.26. The average molecular weight is 329 g/mol. The van der Waals surface area contributed by atoms with Gasteiger partial charge < -0.3 is 5.11 Å². The lowest BCUT2D eigenvalue weighted by Crippen LogP contribution is -2.47. The maximum absolute atomic E-state index is 10.8. The Morgan fingerprint density at radius 1 is 1.09 bits per heavy atom. The Kier molecular flexibility index (Phi) is 6.85. The molecule has 0 amide bonds. The van der Waals surface area contributed by atoms with Gasteiger partial charge in [-0.3, -0.25) is 0 Å². The van der Waals surface area contributed by atoms with E-state index in [1.54, 1.807) is 5.20 Å². The highest BCUT2D eigenvalue weighted by Crippen LogP contribution is 2.32. The van der Waals surface area contributed by atoms with Crippen LogP contribution in [0.5, 0.6) is 0 Å². The predicted octanol–water partition coefficient (Wildman–Crippen LogP) is 4.98. The van der Waals surface area contributed by atoms with Gasteiger partial charge in [0.1, 0.15) is 8.07 Å². The fraction of sp³-hybridized carbons (Fsp3) is 0.524. The molecule has 1 N–H and O–H groups in total. The van der Waals surface area contributed by atoms with Gasteiger partial charge in [0.05, 0.1) is 6.10 Å².